The van der Waals surface area contributed by atoms with E-state index < -0.39 is 11.8 Å². The standard InChI is InChI=1S/C19H21F2N5O2.3C2H6/c20-19(21)7-9-25(10-8-19)18(28)13-3-6-16(15(22)11-13)26(24)14-4-1-12(2-5-14)17(23)27;3*1-2/h1-6,11H,7-10,22,24H2,(H2,23,27);3*1-2H3. The number of hydrazine groups is 1. The molecule has 1 heterocycles. The lowest BCUT2D eigenvalue weighted by atomic mass is 10.0. The second-order valence-corrected chi connectivity index (χ2v) is 6.70. The van der Waals surface area contributed by atoms with Gasteiger partial charge in [0, 0.05) is 37.1 Å². The largest absolute Gasteiger partial charge is 0.397 e. The first-order chi connectivity index (χ1) is 16.2. The van der Waals surface area contributed by atoms with Crippen molar-refractivity contribution in [1.29, 1.82) is 0 Å². The Labute approximate surface area is 201 Å². The number of carbonyl (C=O) groups excluding carboxylic acids is 2. The van der Waals surface area contributed by atoms with E-state index in [-0.39, 0.29) is 37.5 Å². The molecule has 34 heavy (non-hydrogen) atoms. The molecule has 6 N–H and O–H groups in total. The molecule has 0 aliphatic carbocycles. The zero-order valence-corrected chi connectivity index (χ0v) is 21.1. The van der Waals surface area contributed by atoms with Gasteiger partial charge in [0.25, 0.3) is 11.8 Å². The van der Waals surface area contributed by atoms with Gasteiger partial charge in [-0.3, -0.25) is 14.6 Å². The third-order valence-corrected chi connectivity index (χ3v) is 4.75. The fraction of sp³-hybridized carbons (Fsp3) is 0.440. The molecule has 0 unspecified atom stereocenters. The minimum absolute atomic E-state index is 0.00269. The number of benzene rings is 2. The number of hydrogen-bond acceptors (Lipinski definition) is 5. The molecule has 1 fully saturated rings. The van der Waals surface area contributed by atoms with E-state index >= 15 is 0 Å². The number of primary amides is 1. The molecule has 0 aromatic heterocycles. The molecule has 0 spiro atoms. The maximum absolute atomic E-state index is 13.3. The Morgan fingerprint density at radius 3 is 1.79 bits per heavy atom. The number of alkyl halides is 2. The average molecular weight is 480 g/mol. The number of hydrogen-bond donors (Lipinski definition) is 3. The highest BCUT2D eigenvalue weighted by Gasteiger charge is 2.35. The number of nitrogens with two attached hydrogens (primary N) is 3. The summed E-state index contributed by atoms with van der Waals surface area (Å²) in [4.78, 5) is 25.1. The van der Waals surface area contributed by atoms with Crippen molar-refractivity contribution < 1.29 is 18.4 Å². The van der Waals surface area contributed by atoms with E-state index in [0.29, 0.717) is 22.5 Å². The topological polar surface area (TPSA) is 119 Å². The van der Waals surface area contributed by atoms with E-state index in [1.165, 1.54) is 28.1 Å². The minimum atomic E-state index is -2.72. The van der Waals surface area contributed by atoms with E-state index in [9.17, 15) is 18.4 Å². The Hall–Kier alpha value is -3.20. The molecule has 1 aliphatic rings. The van der Waals surface area contributed by atoms with Crippen LogP contribution in [-0.2, 0) is 0 Å². The third kappa shape index (κ3) is 8.30. The first-order valence-electron chi connectivity index (χ1n) is 11.7. The van der Waals surface area contributed by atoms with Crippen LogP contribution in [0.2, 0.25) is 0 Å². The Kier molecular flexibility index (Phi) is 13.5. The van der Waals surface area contributed by atoms with Gasteiger partial charge in [-0.2, -0.15) is 0 Å². The SMILES string of the molecule is CC.CC.CC.NC(=O)c1ccc(N(N)c2ccc(C(=O)N3CCC(F)(F)CC3)cc2N)cc1. The fourth-order valence-corrected chi connectivity index (χ4v) is 3.05. The lowest BCUT2D eigenvalue weighted by Gasteiger charge is -2.32. The lowest BCUT2D eigenvalue weighted by Crippen LogP contribution is -2.42. The van der Waals surface area contributed by atoms with Gasteiger partial charge >= 0.3 is 0 Å². The van der Waals surface area contributed by atoms with E-state index in [0.717, 1.165) is 0 Å². The van der Waals surface area contributed by atoms with Gasteiger partial charge < -0.3 is 16.4 Å². The first-order valence-corrected chi connectivity index (χ1v) is 11.7. The molecule has 2 amide bonds. The van der Waals surface area contributed by atoms with Crippen LogP contribution < -0.4 is 22.3 Å². The number of anilines is 3. The van der Waals surface area contributed by atoms with Crippen molar-refractivity contribution in [2.75, 3.05) is 23.8 Å². The van der Waals surface area contributed by atoms with Gasteiger partial charge in [-0.05, 0) is 42.5 Å². The summed E-state index contributed by atoms with van der Waals surface area (Å²) >= 11 is 0. The van der Waals surface area contributed by atoms with Crippen molar-refractivity contribution in [3.63, 3.8) is 0 Å². The number of amides is 2. The van der Waals surface area contributed by atoms with E-state index in [2.05, 4.69) is 0 Å². The number of carbonyl (C=O) groups is 2. The van der Waals surface area contributed by atoms with Crippen LogP contribution in [0.3, 0.4) is 0 Å². The van der Waals surface area contributed by atoms with Crippen LogP contribution in [0.5, 0.6) is 0 Å². The van der Waals surface area contributed by atoms with Gasteiger partial charge in [0.2, 0.25) is 5.91 Å². The molecule has 1 saturated heterocycles. The molecule has 0 atom stereocenters. The van der Waals surface area contributed by atoms with Crippen LogP contribution in [-0.4, -0.2) is 35.7 Å². The summed E-state index contributed by atoms with van der Waals surface area (Å²) in [6.45, 7) is 12.0. The summed E-state index contributed by atoms with van der Waals surface area (Å²) < 4.78 is 26.6. The van der Waals surface area contributed by atoms with Crippen LogP contribution in [0.1, 0.15) is 75.1 Å². The molecule has 190 valence electrons. The molecule has 1 aliphatic heterocycles. The zero-order chi connectivity index (χ0) is 26.5. The summed E-state index contributed by atoms with van der Waals surface area (Å²) in [7, 11) is 0. The zero-order valence-electron chi connectivity index (χ0n) is 21.1. The molecular weight excluding hydrogens is 440 g/mol. The second kappa shape index (κ2) is 14.8. The predicted octanol–water partition coefficient (Wildman–Crippen LogP) is 5.33. The Bertz CT molecular complexity index is 895. The van der Waals surface area contributed by atoms with Crippen molar-refractivity contribution in [2.24, 2.45) is 11.6 Å². The number of nitrogen functional groups attached to an aromatic ring is 1. The highest BCUT2D eigenvalue weighted by Crippen LogP contribution is 2.31. The highest BCUT2D eigenvalue weighted by atomic mass is 19.3. The molecule has 0 saturated carbocycles. The smallest absolute Gasteiger partial charge is 0.253 e. The molecule has 2 aromatic rings. The molecular formula is C25H39F2N5O2. The molecule has 9 heteroatoms. The van der Waals surface area contributed by atoms with Crippen molar-refractivity contribution in [3.05, 3.63) is 53.6 Å². The molecule has 0 radical (unpaired) electrons. The van der Waals surface area contributed by atoms with E-state index in [1.807, 2.05) is 41.5 Å². The number of rotatable bonds is 4. The first kappa shape index (κ1) is 30.8. The minimum Gasteiger partial charge on any atom is -0.397 e. The van der Waals surface area contributed by atoms with Gasteiger partial charge in [0.15, 0.2) is 0 Å². The molecule has 7 nitrogen and oxygen atoms in total. The van der Waals surface area contributed by atoms with Crippen LogP contribution in [0, 0.1) is 0 Å². The van der Waals surface area contributed by atoms with Crippen molar-refractivity contribution in [2.45, 2.75) is 60.3 Å². The molecule has 0 bridgehead atoms. The second-order valence-electron chi connectivity index (χ2n) is 6.70. The Balaban J connectivity index is 0.00000168. The summed E-state index contributed by atoms with van der Waals surface area (Å²) in [6, 6.07) is 10.9. The quantitative estimate of drug-likeness (QED) is 0.311. The molecule has 2 aromatic carbocycles. The molecule has 3 rings (SSSR count). The van der Waals surface area contributed by atoms with Crippen LogP contribution in [0.15, 0.2) is 42.5 Å². The Morgan fingerprint density at radius 1 is 0.882 bits per heavy atom. The maximum Gasteiger partial charge on any atom is 0.253 e. The number of halogens is 2. The maximum atomic E-state index is 13.3. The van der Waals surface area contributed by atoms with Gasteiger partial charge in [-0.1, -0.05) is 41.5 Å². The van der Waals surface area contributed by atoms with Gasteiger partial charge in [-0.25, -0.2) is 14.6 Å². The normalized spacial score (nSPS) is 13.6. The van der Waals surface area contributed by atoms with E-state index in [1.54, 1.807) is 24.3 Å². The average Bonchev–Trinajstić information content (AvgIpc) is 2.87. The predicted molar refractivity (Wildman–Crippen MR) is 136 cm³/mol. The van der Waals surface area contributed by atoms with Crippen molar-refractivity contribution in [3.8, 4) is 0 Å². The summed E-state index contributed by atoms with van der Waals surface area (Å²) in [5.41, 5.74) is 13.2. The fourth-order valence-electron chi connectivity index (χ4n) is 3.05. The summed E-state index contributed by atoms with van der Waals surface area (Å²) in [5.74, 6) is 2.49. The van der Waals surface area contributed by atoms with Crippen LogP contribution >= 0.6 is 0 Å². The van der Waals surface area contributed by atoms with Gasteiger partial charge in [0.1, 0.15) is 0 Å². The van der Waals surface area contributed by atoms with Crippen molar-refractivity contribution in [1.82, 2.24) is 4.90 Å². The Morgan fingerprint density at radius 2 is 1.35 bits per heavy atom. The number of likely N-dealkylation sites (tertiary alicyclic amines) is 1. The highest BCUT2D eigenvalue weighted by molar-refractivity contribution is 5.96. The van der Waals surface area contributed by atoms with Crippen LogP contribution in [0.25, 0.3) is 0 Å². The van der Waals surface area contributed by atoms with Crippen molar-refractivity contribution >= 4 is 28.9 Å². The summed E-state index contributed by atoms with van der Waals surface area (Å²) in [6.07, 6.45) is -0.686. The van der Waals surface area contributed by atoms with Crippen LogP contribution in [0.4, 0.5) is 25.8 Å². The van der Waals surface area contributed by atoms with Gasteiger partial charge in [-0.15, -0.1) is 0 Å². The third-order valence-electron chi connectivity index (χ3n) is 4.75. The number of piperidine rings is 1. The monoisotopic (exact) mass is 479 g/mol. The summed E-state index contributed by atoms with van der Waals surface area (Å²) in [5, 5.41) is 1.32. The number of nitrogens with zero attached hydrogens (tertiary/aromatic N) is 2. The van der Waals surface area contributed by atoms with E-state index in [4.69, 9.17) is 17.3 Å². The lowest BCUT2D eigenvalue weighted by molar-refractivity contribution is -0.0494. The van der Waals surface area contributed by atoms with Gasteiger partial charge in [0.05, 0.1) is 17.1 Å².